The molecule has 0 aromatic carbocycles. The number of fused-ring (bicyclic) bond motifs is 1. The number of nitrogens with zero attached hydrogens (tertiary/aromatic N) is 4. The molecule has 1 N–H and O–H groups in total. The molecular weight excluding hydrogens is 306 g/mol. The average Bonchev–Trinajstić information content (AvgIpc) is 3.24. The van der Waals surface area contributed by atoms with Crippen LogP contribution in [0.5, 0.6) is 0 Å². The van der Waals surface area contributed by atoms with Gasteiger partial charge in [0.25, 0.3) is 0 Å². The van der Waals surface area contributed by atoms with Gasteiger partial charge in [0.2, 0.25) is 0 Å². The van der Waals surface area contributed by atoms with E-state index in [0.717, 1.165) is 29.7 Å². The van der Waals surface area contributed by atoms with Gasteiger partial charge in [0, 0.05) is 37.9 Å². The van der Waals surface area contributed by atoms with Crippen molar-refractivity contribution in [2.45, 2.75) is 45.1 Å². The molecule has 1 aliphatic heterocycles. The molecule has 1 saturated heterocycles. The fraction of sp³-hybridized carbons (Fsp3) is 0.647. The minimum absolute atomic E-state index is 0.562. The highest BCUT2D eigenvalue weighted by atomic mass is 32.1. The molecule has 1 spiro atoms. The van der Waals surface area contributed by atoms with E-state index in [2.05, 4.69) is 42.4 Å². The predicted molar refractivity (Wildman–Crippen MR) is 95.0 cm³/mol. The number of guanidine groups is 1. The van der Waals surface area contributed by atoms with Gasteiger partial charge in [0.1, 0.15) is 0 Å². The van der Waals surface area contributed by atoms with Gasteiger partial charge in [-0.3, -0.25) is 9.39 Å². The van der Waals surface area contributed by atoms with Crippen LogP contribution >= 0.6 is 11.3 Å². The molecule has 3 heterocycles. The Morgan fingerprint density at radius 1 is 1.35 bits per heavy atom. The number of hydrogen-bond acceptors (Lipinski definition) is 3. The molecule has 5 nitrogen and oxygen atoms in total. The zero-order chi connectivity index (χ0) is 15.7. The number of thiazole rings is 1. The molecule has 6 heteroatoms. The molecule has 4 rings (SSSR count). The fourth-order valence-corrected chi connectivity index (χ4v) is 4.91. The number of hydrogen-bond donors (Lipinski definition) is 1. The molecule has 124 valence electrons. The summed E-state index contributed by atoms with van der Waals surface area (Å²) in [5, 5.41) is 5.57. The van der Waals surface area contributed by atoms with E-state index in [4.69, 9.17) is 0 Å². The van der Waals surface area contributed by atoms with E-state index in [1.165, 1.54) is 45.1 Å². The zero-order valence-electron chi connectivity index (χ0n) is 13.8. The lowest BCUT2D eigenvalue weighted by atomic mass is 9.73. The molecule has 2 fully saturated rings. The predicted octanol–water partition coefficient (Wildman–Crippen LogP) is 3.13. The first-order valence-electron chi connectivity index (χ1n) is 8.65. The maximum absolute atomic E-state index is 4.63. The van der Waals surface area contributed by atoms with Crippen LogP contribution in [0.1, 0.15) is 44.2 Å². The van der Waals surface area contributed by atoms with Gasteiger partial charge in [-0.1, -0.05) is 19.3 Å². The lowest BCUT2D eigenvalue weighted by Gasteiger charge is -2.33. The van der Waals surface area contributed by atoms with Crippen molar-refractivity contribution in [3.63, 3.8) is 0 Å². The van der Waals surface area contributed by atoms with E-state index in [0.29, 0.717) is 5.41 Å². The number of imidazole rings is 1. The third-order valence-corrected chi connectivity index (χ3v) is 6.21. The van der Waals surface area contributed by atoms with Crippen molar-refractivity contribution >= 4 is 22.3 Å². The molecule has 2 aromatic heterocycles. The second kappa shape index (κ2) is 6.15. The van der Waals surface area contributed by atoms with Crippen molar-refractivity contribution < 1.29 is 0 Å². The third-order valence-electron chi connectivity index (χ3n) is 5.43. The molecule has 2 aliphatic rings. The number of rotatable bonds is 2. The Morgan fingerprint density at radius 2 is 2.22 bits per heavy atom. The van der Waals surface area contributed by atoms with Crippen molar-refractivity contribution in [3.8, 4) is 0 Å². The summed E-state index contributed by atoms with van der Waals surface area (Å²) in [6.07, 6.45) is 12.5. The second-order valence-corrected chi connectivity index (χ2v) is 7.83. The highest BCUT2D eigenvalue weighted by molar-refractivity contribution is 7.15. The van der Waals surface area contributed by atoms with Crippen LogP contribution < -0.4 is 5.32 Å². The number of aromatic nitrogens is 2. The molecule has 0 radical (unpaired) electrons. The van der Waals surface area contributed by atoms with Crippen molar-refractivity contribution in [3.05, 3.63) is 23.5 Å². The van der Waals surface area contributed by atoms with E-state index in [-0.39, 0.29) is 0 Å². The molecule has 0 unspecified atom stereocenters. The van der Waals surface area contributed by atoms with Gasteiger partial charge in [0.05, 0.1) is 12.2 Å². The van der Waals surface area contributed by atoms with E-state index < -0.39 is 0 Å². The van der Waals surface area contributed by atoms with E-state index in [9.17, 15) is 0 Å². The monoisotopic (exact) mass is 331 g/mol. The maximum atomic E-state index is 4.63. The van der Waals surface area contributed by atoms with Gasteiger partial charge >= 0.3 is 0 Å². The normalized spacial score (nSPS) is 21.4. The zero-order valence-corrected chi connectivity index (χ0v) is 14.6. The van der Waals surface area contributed by atoms with Crippen LogP contribution in [0, 0.1) is 5.41 Å². The average molecular weight is 331 g/mol. The first-order valence-corrected chi connectivity index (χ1v) is 9.53. The quantitative estimate of drug-likeness (QED) is 0.679. The summed E-state index contributed by atoms with van der Waals surface area (Å²) in [4.78, 5) is 12.6. The first kappa shape index (κ1) is 15.0. The largest absolute Gasteiger partial charge is 0.351 e. The third kappa shape index (κ3) is 2.96. The van der Waals surface area contributed by atoms with Crippen molar-refractivity contribution in [2.75, 3.05) is 20.1 Å². The van der Waals surface area contributed by atoms with Crippen LogP contribution in [0.4, 0.5) is 0 Å². The maximum Gasteiger partial charge on any atom is 0.193 e. The van der Waals surface area contributed by atoms with E-state index in [1.54, 1.807) is 11.3 Å². The van der Waals surface area contributed by atoms with Gasteiger partial charge < -0.3 is 10.2 Å². The van der Waals surface area contributed by atoms with Crippen molar-refractivity contribution in [1.29, 1.82) is 0 Å². The number of nitrogens with one attached hydrogen (secondary N) is 1. The highest BCUT2D eigenvalue weighted by Crippen LogP contribution is 2.43. The molecule has 1 aliphatic carbocycles. The fourth-order valence-electron chi connectivity index (χ4n) is 4.19. The topological polar surface area (TPSA) is 44.9 Å². The Balaban J connectivity index is 1.38. The lowest BCUT2D eigenvalue weighted by Crippen LogP contribution is -2.41. The number of likely N-dealkylation sites (tertiary alicyclic amines) is 1. The minimum atomic E-state index is 0.562. The Labute approximate surface area is 141 Å². The molecule has 2 aromatic rings. The summed E-state index contributed by atoms with van der Waals surface area (Å²) in [5.74, 6) is 1.03. The molecular formula is C17H25N5S. The summed E-state index contributed by atoms with van der Waals surface area (Å²) in [6.45, 7) is 3.05. The van der Waals surface area contributed by atoms with Crippen LogP contribution in [0.25, 0.3) is 4.96 Å². The second-order valence-electron chi connectivity index (χ2n) is 6.96. The van der Waals surface area contributed by atoms with Crippen LogP contribution in [0.15, 0.2) is 22.8 Å². The van der Waals surface area contributed by atoms with E-state index >= 15 is 0 Å². The summed E-state index contributed by atoms with van der Waals surface area (Å²) in [7, 11) is 1.89. The van der Waals surface area contributed by atoms with Crippen LogP contribution in [0.3, 0.4) is 0 Å². The summed E-state index contributed by atoms with van der Waals surface area (Å²) >= 11 is 1.67. The molecule has 1 saturated carbocycles. The van der Waals surface area contributed by atoms with Crippen LogP contribution in [0.2, 0.25) is 0 Å². The van der Waals surface area contributed by atoms with Crippen LogP contribution in [-0.4, -0.2) is 40.4 Å². The van der Waals surface area contributed by atoms with Crippen molar-refractivity contribution in [2.24, 2.45) is 10.4 Å². The van der Waals surface area contributed by atoms with Gasteiger partial charge in [-0.15, -0.1) is 11.3 Å². The smallest absolute Gasteiger partial charge is 0.193 e. The van der Waals surface area contributed by atoms with Crippen molar-refractivity contribution in [1.82, 2.24) is 19.6 Å². The Hall–Kier alpha value is -1.56. The lowest BCUT2D eigenvalue weighted by molar-refractivity contribution is 0.203. The molecule has 0 bridgehead atoms. The van der Waals surface area contributed by atoms with Gasteiger partial charge in [-0.05, 0) is 24.7 Å². The summed E-state index contributed by atoms with van der Waals surface area (Å²) in [6, 6.07) is 0. The SMILES string of the molecule is CN=C(NCc1cn2ccsc2n1)N1CCC2(CCCCC2)C1. The highest BCUT2D eigenvalue weighted by Gasteiger charge is 2.39. The Bertz CT molecular complexity index is 666. The Kier molecular flexibility index (Phi) is 4.01. The summed E-state index contributed by atoms with van der Waals surface area (Å²) < 4.78 is 2.08. The van der Waals surface area contributed by atoms with Gasteiger partial charge in [0.15, 0.2) is 10.9 Å². The van der Waals surface area contributed by atoms with Gasteiger partial charge in [-0.25, -0.2) is 4.98 Å². The molecule has 0 amide bonds. The number of aliphatic imine (C=N–C) groups is 1. The molecule has 23 heavy (non-hydrogen) atoms. The van der Waals surface area contributed by atoms with E-state index in [1.807, 2.05) is 7.05 Å². The summed E-state index contributed by atoms with van der Waals surface area (Å²) in [5.41, 5.74) is 1.64. The van der Waals surface area contributed by atoms with Crippen LogP contribution in [-0.2, 0) is 6.54 Å². The Morgan fingerprint density at radius 3 is 3.00 bits per heavy atom. The standard InChI is InChI=1S/C17H25N5S/c1-18-15(19-11-14-12-21-9-10-23-16(21)20-14)22-8-7-17(13-22)5-3-2-4-6-17/h9-10,12H,2-8,11,13H2,1H3,(H,18,19). The van der Waals surface area contributed by atoms with Gasteiger partial charge in [-0.2, -0.15) is 0 Å². The minimum Gasteiger partial charge on any atom is -0.351 e. The molecule has 0 atom stereocenters. The first-order chi connectivity index (χ1) is 11.3.